The van der Waals surface area contributed by atoms with Crippen LogP contribution in [-0.4, -0.2) is 16.9 Å². The topological polar surface area (TPSA) is 27.1 Å². The Morgan fingerprint density at radius 2 is 2.05 bits per heavy atom. The molecule has 0 amide bonds. The van der Waals surface area contributed by atoms with E-state index in [4.69, 9.17) is 4.74 Å². The standard InChI is InChI=1S/C14H16F2N2O/c1-9-13(8-17-18(9)14(15)16)12-6-4-5-11(7-12)10(2)19-3/h4-8,10,14H,1-3H3. The Kier molecular flexibility index (Phi) is 3.95. The lowest BCUT2D eigenvalue weighted by Crippen LogP contribution is -2.02. The quantitative estimate of drug-likeness (QED) is 0.837. The van der Waals surface area contributed by atoms with Gasteiger partial charge in [0, 0.05) is 18.4 Å². The number of ether oxygens (including phenoxy) is 1. The van der Waals surface area contributed by atoms with Crippen LogP contribution in [0.4, 0.5) is 8.78 Å². The van der Waals surface area contributed by atoms with Gasteiger partial charge >= 0.3 is 6.55 Å². The zero-order valence-corrected chi connectivity index (χ0v) is 11.1. The average Bonchev–Trinajstić information content (AvgIpc) is 2.80. The Bertz CT molecular complexity index is 566. The summed E-state index contributed by atoms with van der Waals surface area (Å²) in [5, 5.41) is 3.72. The smallest absolute Gasteiger partial charge is 0.333 e. The fraction of sp³-hybridized carbons (Fsp3) is 0.357. The molecule has 2 aromatic rings. The highest BCUT2D eigenvalue weighted by Gasteiger charge is 2.15. The van der Waals surface area contributed by atoms with Crippen molar-refractivity contribution in [2.45, 2.75) is 26.5 Å². The summed E-state index contributed by atoms with van der Waals surface area (Å²) in [7, 11) is 1.64. The number of benzene rings is 1. The van der Waals surface area contributed by atoms with E-state index in [1.54, 1.807) is 14.0 Å². The van der Waals surface area contributed by atoms with Gasteiger partial charge in [-0.2, -0.15) is 13.9 Å². The van der Waals surface area contributed by atoms with Gasteiger partial charge in [0.05, 0.1) is 12.3 Å². The number of aromatic nitrogens is 2. The van der Waals surface area contributed by atoms with Crippen molar-refractivity contribution >= 4 is 0 Å². The second-order valence-electron chi connectivity index (χ2n) is 4.37. The van der Waals surface area contributed by atoms with Gasteiger partial charge in [0.2, 0.25) is 0 Å². The minimum Gasteiger partial charge on any atom is -0.377 e. The van der Waals surface area contributed by atoms with Crippen molar-refractivity contribution < 1.29 is 13.5 Å². The summed E-state index contributed by atoms with van der Waals surface area (Å²) in [4.78, 5) is 0. The summed E-state index contributed by atoms with van der Waals surface area (Å²) in [6.45, 7) is 0.963. The summed E-state index contributed by atoms with van der Waals surface area (Å²) in [5.41, 5.74) is 3.04. The highest BCUT2D eigenvalue weighted by Crippen LogP contribution is 2.28. The van der Waals surface area contributed by atoms with Crippen molar-refractivity contribution in [2.24, 2.45) is 0 Å². The maximum Gasteiger partial charge on any atom is 0.333 e. The lowest BCUT2D eigenvalue weighted by Gasteiger charge is -2.11. The first kappa shape index (κ1) is 13.7. The lowest BCUT2D eigenvalue weighted by atomic mass is 10.0. The molecule has 0 aliphatic heterocycles. The van der Waals surface area contributed by atoms with Crippen LogP contribution in [-0.2, 0) is 4.74 Å². The molecule has 0 saturated carbocycles. The van der Waals surface area contributed by atoms with Gasteiger partial charge in [-0.3, -0.25) is 0 Å². The van der Waals surface area contributed by atoms with Gasteiger partial charge in [-0.25, -0.2) is 4.68 Å². The molecule has 0 aliphatic rings. The molecule has 1 heterocycles. The minimum atomic E-state index is -2.62. The number of halogens is 2. The first-order valence-corrected chi connectivity index (χ1v) is 6.00. The van der Waals surface area contributed by atoms with Crippen LogP contribution in [0.5, 0.6) is 0 Å². The van der Waals surface area contributed by atoms with Crippen LogP contribution in [0.25, 0.3) is 11.1 Å². The minimum absolute atomic E-state index is 0.0367. The number of nitrogens with zero attached hydrogens (tertiary/aromatic N) is 2. The van der Waals surface area contributed by atoms with E-state index in [2.05, 4.69) is 5.10 Å². The molecule has 0 aliphatic carbocycles. The van der Waals surface area contributed by atoms with Crippen LogP contribution in [0.2, 0.25) is 0 Å². The molecule has 5 heteroatoms. The highest BCUT2D eigenvalue weighted by atomic mass is 19.3. The maximum absolute atomic E-state index is 12.7. The Morgan fingerprint density at radius 3 is 2.63 bits per heavy atom. The summed E-state index contributed by atoms with van der Waals surface area (Å²) in [6.07, 6.45) is 1.43. The molecule has 102 valence electrons. The second-order valence-corrected chi connectivity index (χ2v) is 4.37. The van der Waals surface area contributed by atoms with Crippen molar-refractivity contribution in [1.82, 2.24) is 9.78 Å². The van der Waals surface area contributed by atoms with Gasteiger partial charge in [-0.05, 0) is 31.0 Å². The second kappa shape index (κ2) is 5.48. The molecule has 1 atom stereocenters. The Hall–Kier alpha value is -1.75. The average molecular weight is 266 g/mol. The van der Waals surface area contributed by atoms with Gasteiger partial charge in [-0.1, -0.05) is 18.2 Å². The summed E-state index contributed by atoms with van der Waals surface area (Å²) < 4.78 is 31.4. The van der Waals surface area contributed by atoms with E-state index in [0.29, 0.717) is 11.3 Å². The normalized spacial score (nSPS) is 12.9. The zero-order chi connectivity index (χ0) is 14.0. The molecule has 1 aromatic heterocycles. The largest absolute Gasteiger partial charge is 0.377 e. The first-order valence-electron chi connectivity index (χ1n) is 6.00. The molecule has 1 unspecified atom stereocenters. The summed E-state index contributed by atoms with van der Waals surface area (Å²) in [6, 6.07) is 7.66. The van der Waals surface area contributed by atoms with Crippen LogP contribution in [0.15, 0.2) is 30.5 Å². The maximum atomic E-state index is 12.7. The van der Waals surface area contributed by atoms with Crippen LogP contribution in [0.1, 0.15) is 30.8 Å². The molecule has 19 heavy (non-hydrogen) atoms. The van der Waals surface area contributed by atoms with Gasteiger partial charge in [0.1, 0.15) is 0 Å². The van der Waals surface area contributed by atoms with E-state index in [-0.39, 0.29) is 6.10 Å². The van der Waals surface area contributed by atoms with Crippen molar-refractivity contribution in [3.05, 3.63) is 41.7 Å². The van der Waals surface area contributed by atoms with Crippen LogP contribution in [0, 0.1) is 6.92 Å². The predicted octanol–water partition coefficient (Wildman–Crippen LogP) is 3.96. The third-order valence-corrected chi connectivity index (χ3v) is 3.25. The molecule has 3 nitrogen and oxygen atoms in total. The number of alkyl halides is 2. The number of hydrogen-bond donors (Lipinski definition) is 0. The molecule has 2 rings (SSSR count). The van der Waals surface area contributed by atoms with Crippen molar-refractivity contribution in [3.63, 3.8) is 0 Å². The predicted molar refractivity (Wildman–Crippen MR) is 69.1 cm³/mol. The summed E-state index contributed by atoms with van der Waals surface area (Å²) in [5.74, 6) is 0. The molecular formula is C14H16F2N2O. The fourth-order valence-corrected chi connectivity index (χ4v) is 2.00. The number of rotatable bonds is 4. The molecule has 0 saturated heterocycles. The van der Waals surface area contributed by atoms with Gasteiger partial charge in [0.25, 0.3) is 0 Å². The van der Waals surface area contributed by atoms with Crippen LogP contribution < -0.4 is 0 Å². The van der Waals surface area contributed by atoms with Gasteiger partial charge < -0.3 is 4.74 Å². The Labute approximate surface area is 110 Å². The van der Waals surface area contributed by atoms with Crippen molar-refractivity contribution in [1.29, 1.82) is 0 Å². The number of methoxy groups -OCH3 is 1. The monoisotopic (exact) mass is 266 g/mol. The van der Waals surface area contributed by atoms with E-state index in [9.17, 15) is 8.78 Å². The highest BCUT2D eigenvalue weighted by molar-refractivity contribution is 5.66. The van der Waals surface area contributed by atoms with Crippen LogP contribution in [0.3, 0.4) is 0 Å². The van der Waals surface area contributed by atoms with Crippen LogP contribution >= 0.6 is 0 Å². The summed E-state index contributed by atoms with van der Waals surface area (Å²) >= 11 is 0. The molecule has 0 spiro atoms. The lowest BCUT2D eigenvalue weighted by molar-refractivity contribution is 0.0545. The van der Waals surface area contributed by atoms with E-state index in [1.165, 1.54) is 6.20 Å². The third kappa shape index (κ3) is 2.66. The zero-order valence-electron chi connectivity index (χ0n) is 11.1. The molecule has 1 aromatic carbocycles. The Morgan fingerprint density at radius 1 is 1.32 bits per heavy atom. The molecule has 0 fully saturated rings. The van der Waals surface area contributed by atoms with Crippen molar-refractivity contribution in [3.8, 4) is 11.1 Å². The molecule has 0 bridgehead atoms. The van der Waals surface area contributed by atoms with E-state index >= 15 is 0 Å². The molecular weight excluding hydrogens is 250 g/mol. The number of hydrogen-bond acceptors (Lipinski definition) is 2. The van der Waals surface area contributed by atoms with Gasteiger partial charge in [0.15, 0.2) is 0 Å². The SMILES string of the molecule is COC(C)c1cccc(-c2cnn(C(F)F)c2C)c1. The van der Waals surface area contributed by atoms with Gasteiger partial charge in [-0.15, -0.1) is 0 Å². The molecule has 0 radical (unpaired) electrons. The first-order chi connectivity index (χ1) is 9.04. The molecule has 0 N–H and O–H groups in total. The third-order valence-electron chi connectivity index (χ3n) is 3.25. The van der Waals surface area contributed by atoms with Crippen molar-refractivity contribution in [2.75, 3.05) is 7.11 Å². The van der Waals surface area contributed by atoms with E-state index in [1.807, 2.05) is 31.2 Å². The van der Waals surface area contributed by atoms with E-state index in [0.717, 1.165) is 15.8 Å². The Balaban J connectivity index is 2.42. The fourth-order valence-electron chi connectivity index (χ4n) is 2.00. The van der Waals surface area contributed by atoms with E-state index < -0.39 is 6.55 Å².